The van der Waals surface area contributed by atoms with Gasteiger partial charge in [0.15, 0.2) is 0 Å². The van der Waals surface area contributed by atoms with Crippen LogP contribution in [-0.4, -0.2) is 30.4 Å². The number of likely N-dealkylation sites (N-methyl/N-ethyl adjacent to an activating group) is 1. The third-order valence-electron chi connectivity index (χ3n) is 4.36. The predicted octanol–water partition coefficient (Wildman–Crippen LogP) is 2.99. The lowest BCUT2D eigenvalue weighted by atomic mass is 10.1. The molecule has 1 atom stereocenters. The molecule has 1 aromatic carbocycles. The molecule has 0 aliphatic carbocycles. The highest BCUT2D eigenvalue weighted by atomic mass is 16.2. The molecule has 0 bridgehead atoms. The largest absolute Gasteiger partial charge is 0.312 e. The Morgan fingerprint density at radius 2 is 2.00 bits per heavy atom. The maximum absolute atomic E-state index is 12.8. The lowest BCUT2D eigenvalue weighted by Crippen LogP contribution is -2.29. The van der Waals surface area contributed by atoms with Crippen LogP contribution in [0.1, 0.15) is 28.8 Å². The third kappa shape index (κ3) is 2.69. The second-order valence-electron chi connectivity index (χ2n) is 5.90. The molecule has 1 aromatic heterocycles. The van der Waals surface area contributed by atoms with E-state index in [0.29, 0.717) is 23.7 Å². The van der Waals surface area contributed by atoms with Crippen LogP contribution in [0.4, 0.5) is 11.4 Å². The van der Waals surface area contributed by atoms with E-state index in [0.717, 1.165) is 11.3 Å². The van der Waals surface area contributed by atoms with Gasteiger partial charge < -0.3 is 9.80 Å². The van der Waals surface area contributed by atoms with Crippen LogP contribution in [0, 0.1) is 0 Å². The molecule has 2 amide bonds. The molecule has 5 nitrogen and oxygen atoms in total. The summed E-state index contributed by atoms with van der Waals surface area (Å²) in [5, 5.41) is 0. The van der Waals surface area contributed by atoms with Crippen molar-refractivity contribution in [3.8, 4) is 0 Å². The molecule has 0 saturated carbocycles. The number of fused-ring (bicyclic) bond motifs is 1. The first kappa shape index (κ1) is 15.9. The minimum absolute atomic E-state index is 0.0575. The van der Waals surface area contributed by atoms with Gasteiger partial charge in [-0.1, -0.05) is 13.5 Å². The first-order valence-corrected chi connectivity index (χ1v) is 7.79. The van der Waals surface area contributed by atoms with E-state index in [9.17, 15) is 9.59 Å². The van der Waals surface area contributed by atoms with Gasteiger partial charge in [0.2, 0.25) is 5.91 Å². The van der Waals surface area contributed by atoms with Crippen LogP contribution in [0.15, 0.2) is 55.4 Å². The first-order valence-electron chi connectivity index (χ1n) is 7.79. The van der Waals surface area contributed by atoms with Gasteiger partial charge in [-0.25, -0.2) is 0 Å². The van der Waals surface area contributed by atoms with Crippen molar-refractivity contribution in [1.82, 2.24) is 4.98 Å². The average Bonchev–Trinajstić information content (AvgIpc) is 2.97. The van der Waals surface area contributed by atoms with E-state index in [-0.39, 0.29) is 11.8 Å². The molecule has 1 aliphatic heterocycles. The Hall–Kier alpha value is -2.95. The van der Waals surface area contributed by atoms with Gasteiger partial charge in [-0.05, 0) is 42.0 Å². The zero-order chi connectivity index (χ0) is 17.3. The second-order valence-corrected chi connectivity index (χ2v) is 5.90. The summed E-state index contributed by atoms with van der Waals surface area (Å²) in [6.07, 6.45) is 4.75. The number of rotatable bonds is 3. The number of nitrogens with zero attached hydrogens (tertiary/aromatic N) is 3. The first-order chi connectivity index (χ1) is 11.5. The van der Waals surface area contributed by atoms with Crippen molar-refractivity contribution < 1.29 is 9.59 Å². The number of carbonyl (C=O) groups is 2. The predicted molar refractivity (Wildman–Crippen MR) is 94.4 cm³/mol. The summed E-state index contributed by atoms with van der Waals surface area (Å²) in [5.74, 6) is 0.0443. The molecule has 3 rings (SSSR count). The third-order valence-corrected chi connectivity index (χ3v) is 4.36. The van der Waals surface area contributed by atoms with Gasteiger partial charge >= 0.3 is 0 Å². The zero-order valence-electron chi connectivity index (χ0n) is 13.8. The fraction of sp³-hybridized carbons (Fsp3) is 0.211. The number of hydrogen-bond acceptors (Lipinski definition) is 3. The number of hydrogen-bond donors (Lipinski definition) is 0. The van der Waals surface area contributed by atoms with Crippen molar-refractivity contribution in [1.29, 1.82) is 0 Å². The van der Waals surface area contributed by atoms with Gasteiger partial charge in [-0.3, -0.25) is 14.6 Å². The number of pyridine rings is 1. The Labute approximate surface area is 141 Å². The van der Waals surface area contributed by atoms with Gasteiger partial charge in [0, 0.05) is 37.0 Å². The van der Waals surface area contributed by atoms with E-state index in [1.54, 1.807) is 48.6 Å². The molecule has 0 spiro atoms. The second kappa shape index (κ2) is 6.28. The number of amides is 2. The molecule has 0 saturated heterocycles. The quantitative estimate of drug-likeness (QED) is 0.817. The van der Waals surface area contributed by atoms with Crippen molar-refractivity contribution in [3.05, 3.63) is 66.5 Å². The Morgan fingerprint density at radius 1 is 1.29 bits per heavy atom. The van der Waals surface area contributed by atoms with E-state index in [1.165, 1.54) is 11.0 Å². The summed E-state index contributed by atoms with van der Waals surface area (Å²) >= 11 is 0. The van der Waals surface area contributed by atoms with Crippen molar-refractivity contribution >= 4 is 23.2 Å². The lowest BCUT2D eigenvalue weighted by Gasteiger charge is -2.19. The van der Waals surface area contributed by atoms with Crippen molar-refractivity contribution in [3.63, 3.8) is 0 Å². The Morgan fingerprint density at radius 3 is 2.67 bits per heavy atom. The Bertz CT molecular complexity index is 799. The minimum Gasteiger partial charge on any atom is -0.312 e. The standard InChI is InChI=1S/C19H19N3O2/c1-4-18(23)21(3)15-7-5-14(6-8-15)19(24)22-12-13(2)16-9-10-20-11-17(16)22/h4-11,13H,1,12H2,2-3H3. The fourth-order valence-electron chi connectivity index (χ4n) is 2.95. The van der Waals surface area contributed by atoms with Gasteiger partial charge in [0.25, 0.3) is 5.91 Å². The molecule has 0 fully saturated rings. The highest BCUT2D eigenvalue weighted by Crippen LogP contribution is 2.35. The molecule has 5 heteroatoms. The van der Waals surface area contributed by atoms with E-state index in [4.69, 9.17) is 0 Å². The van der Waals surface area contributed by atoms with E-state index in [1.807, 2.05) is 6.07 Å². The number of carbonyl (C=O) groups excluding carboxylic acids is 2. The molecular weight excluding hydrogens is 302 g/mol. The molecule has 24 heavy (non-hydrogen) atoms. The van der Waals surface area contributed by atoms with Crippen LogP contribution in [0.25, 0.3) is 0 Å². The number of anilines is 2. The smallest absolute Gasteiger partial charge is 0.258 e. The highest BCUT2D eigenvalue weighted by molar-refractivity contribution is 6.08. The topological polar surface area (TPSA) is 53.5 Å². The summed E-state index contributed by atoms with van der Waals surface area (Å²) in [6.45, 7) is 6.23. The summed E-state index contributed by atoms with van der Waals surface area (Å²) in [4.78, 5) is 31.9. The summed E-state index contributed by atoms with van der Waals surface area (Å²) < 4.78 is 0. The Balaban J connectivity index is 1.84. The summed E-state index contributed by atoms with van der Waals surface area (Å²) in [6, 6.07) is 8.97. The van der Waals surface area contributed by atoms with Crippen molar-refractivity contribution in [2.45, 2.75) is 12.8 Å². The molecule has 2 aromatic rings. The SMILES string of the molecule is C=CC(=O)N(C)c1ccc(C(=O)N2CC(C)c3ccncc32)cc1. The van der Waals surface area contributed by atoms with E-state index < -0.39 is 0 Å². The highest BCUT2D eigenvalue weighted by Gasteiger charge is 2.30. The van der Waals surface area contributed by atoms with Gasteiger partial charge in [-0.2, -0.15) is 0 Å². The molecular formula is C19H19N3O2. The van der Waals surface area contributed by atoms with Crippen molar-refractivity contribution in [2.75, 3.05) is 23.4 Å². The van der Waals surface area contributed by atoms with E-state index in [2.05, 4.69) is 18.5 Å². The van der Waals surface area contributed by atoms with Crippen LogP contribution in [0.5, 0.6) is 0 Å². The van der Waals surface area contributed by atoms with Crippen LogP contribution in [0.3, 0.4) is 0 Å². The molecule has 2 heterocycles. The van der Waals surface area contributed by atoms with Crippen LogP contribution >= 0.6 is 0 Å². The summed E-state index contributed by atoms with van der Waals surface area (Å²) in [5.41, 5.74) is 3.32. The molecule has 1 unspecified atom stereocenters. The molecule has 1 aliphatic rings. The lowest BCUT2D eigenvalue weighted by molar-refractivity contribution is -0.113. The summed E-state index contributed by atoms with van der Waals surface area (Å²) in [7, 11) is 1.67. The molecule has 122 valence electrons. The van der Waals surface area contributed by atoms with E-state index >= 15 is 0 Å². The van der Waals surface area contributed by atoms with Gasteiger partial charge in [0.05, 0.1) is 11.9 Å². The molecule has 0 N–H and O–H groups in total. The van der Waals surface area contributed by atoms with Gasteiger partial charge in [-0.15, -0.1) is 0 Å². The molecule has 0 radical (unpaired) electrons. The number of aromatic nitrogens is 1. The monoisotopic (exact) mass is 321 g/mol. The van der Waals surface area contributed by atoms with Crippen LogP contribution in [0.2, 0.25) is 0 Å². The van der Waals surface area contributed by atoms with Gasteiger partial charge in [0.1, 0.15) is 0 Å². The van der Waals surface area contributed by atoms with Crippen LogP contribution < -0.4 is 9.80 Å². The number of benzene rings is 1. The maximum Gasteiger partial charge on any atom is 0.258 e. The van der Waals surface area contributed by atoms with Crippen molar-refractivity contribution in [2.24, 2.45) is 0 Å². The zero-order valence-corrected chi connectivity index (χ0v) is 13.8. The maximum atomic E-state index is 12.8. The Kier molecular flexibility index (Phi) is 4.16. The van der Waals surface area contributed by atoms with Crippen LogP contribution in [-0.2, 0) is 4.79 Å². The fourth-order valence-corrected chi connectivity index (χ4v) is 2.95. The average molecular weight is 321 g/mol. The normalized spacial score (nSPS) is 15.8. The minimum atomic E-state index is -0.192.